The number of rotatable bonds is 5. The first-order valence-corrected chi connectivity index (χ1v) is 6.57. The van der Waals surface area contributed by atoms with Crippen molar-refractivity contribution in [3.8, 4) is 0 Å². The van der Waals surface area contributed by atoms with E-state index in [1.54, 1.807) is 0 Å². The van der Waals surface area contributed by atoms with E-state index in [1.807, 2.05) is 11.4 Å². The van der Waals surface area contributed by atoms with Gasteiger partial charge in [-0.05, 0) is 19.4 Å². The van der Waals surface area contributed by atoms with Crippen LogP contribution in [-0.2, 0) is 4.43 Å². The fourth-order valence-electron chi connectivity index (χ4n) is 1.20. The molecule has 0 aliphatic carbocycles. The molecule has 0 saturated heterocycles. The van der Waals surface area contributed by atoms with E-state index in [1.165, 1.54) is 0 Å². The molecule has 0 aliphatic rings. The predicted octanol–water partition coefficient (Wildman–Crippen LogP) is 3.22. The van der Waals surface area contributed by atoms with Crippen LogP contribution < -0.4 is 0 Å². The van der Waals surface area contributed by atoms with E-state index in [0.29, 0.717) is 5.54 Å². The van der Waals surface area contributed by atoms with Crippen molar-refractivity contribution in [2.24, 2.45) is 0 Å². The van der Waals surface area contributed by atoms with Crippen LogP contribution in [0.1, 0.15) is 27.7 Å². The van der Waals surface area contributed by atoms with Crippen molar-refractivity contribution in [1.29, 1.82) is 0 Å². The van der Waals surface area contributed by atoms with Crippen molar-refractivity contribution in [2.45, 2.75) is 39.3 Å². The van der Waals surface area contributed by atoms with Crippen molar-refractivity contribution < 1.29 is 4.43 Å². The van der Waals surface area contributed by atoms with Gasteiger partial charge in [0.15, 0.2) is 0 Å². The van der Waals surface area contributed by atoms with Crippen molar-refractivity contribution in [3.63, 3.8) is 0 Å². The Hall–Kier alpha value is -0.343. The smallest absolute Gasteiger partial charge is 0.243 e. The lowest BCUT2D eigenvalue weighted by atomic mass is 10.5. The first-order valence-electron chi connectivity index (χ1n) is 4.43. The summed E-state index contributed by atoms with van der Waals surface area (Å²) in [4.78, 5) is 0. The van der Waals surface area contributed by atoms with Crippen LogP contribution in [0.25, 0.3) is 0 Å². The van der Waals surface area contributed by atoms with E-state index >= 15 is 0 Å². The van der Waals surface area contributed by atoms with E-state index in [0.717, 1.165) is 0 Å². The summed E-state index contributed by atoms with van der Waals surface area (Å²) in [5, 5.41) is 0. The van der Waals surface area contributed by atoms with Crippen LogP contribution in [0.15, 0.2) is 24.6 Å². The zero-order valence-corrected chi connectivity index (χ0v) is 9.63. The molecule has 0 fully saturated rings. The van der Waals surface area contributed by atoms with E-state index in [-0.39, 0.29) is 6.10 Å². The van der Waals surface area contributed by atoms with Gasteiger partial charge in [-0.15, -0.1) is 13.2 Å². The zero-order valence-electron chi connectivity index (χ0n) is 8.63. The fourth-order valence-corrected chi connectivity index (χ4v) is 3.59. The second kappa shape index (κ2) is 4.63. The average molecular weight is 184 g/mol. The van der Waals surface area contributed by atoms with Gasteiger partial charge in [0, 0.05) is 6.10 Å². The summed E-state index contributed by atoms with van der Waals surface area (Å²) in [7, 11) is -1.86. The van der Waals surface area contributed by atoms with Crippen molar-refractivity contribution >= 4 is 8.32 Å². The molecule has 0 aromatic rings. The summed E-state index contributed by atoms with van der Waals surface area (Å²) in [6.07, 6.45) is 0.259. The van der Waals surface area contributed by atoms with Crippen LogP contribution in [0.3, 0.4) is 0 Å². The van der Waals surface area contributed by atoms with E-state index in [4.69, 9.17) is 4.43 Å². The summed E-state index contributed by atoms with van der Waals surface area (Å²) >= 11 is 0. The lowest BCUT2D eigenvalue weighted by Gasteiger charge is -2.30. The van der Waals surface area contributed by atoms with E-state index in [9.17, 15) is 0 Å². The van der Waals surface area contributed by atoms with E-state index < -0.39 is 8.32 Å². The minimum atomic E-state index is -1.86. The fraction of sp³-hybridized carbons (Fsp3) is 0.600. The van der Waals surface area contributed by atoms with Crippen molar-refractivity contribution in [3.05, 3.63) is 24.6 Å². The van der Waals surface area contributed by atoms with Gasteiger partial charge in [-0.2, -0.15) is 0 Å². The average Bonchev–Trinajstić information content (AvgIpc) is 1.99. The van der Waals surface area contributed by atoms with Gasteiger partial charge in [0.05, 0.1) is 0 Å². The third kappa shape index (κ3) is 2.61. The van der Waals surface area contributed by atoms with Gasteiger partial charge in [-0.25, -0.2) is 0 Å². The molecular formula is C10H20OSi. The molecule has 0 amide bonds. The Bertz CT molecular complexity index is 153. The maximum Gasteiger partial charge on any atom is 0.243 e. The third-order valence-corrected chi connectivity index (χ3v) is 5.94. The molecule has 0 saturated carbocycles. The maximum atomic E-state index is 5.90. The summed E-state index contributed by atoms with van der Waals surface area (Å²) in [5.74, 6) is 0. The van der Waals surface area contributed by atoms with Crippen LogP contribution in [0.5, 0.6) is 0 Å². The first kappa shape index (κ1) is 11.7. The molecule has 0 aromatic carbocycles. The van der Waals surface area contributed by atoms with Crippen molar-refractivity contribution in [1.82, 2.24) is 0 Å². The molecule has 0 unspecified atom stereocenters. The topological polar surface area (TPSA) is 9.23 Å². The third-order valence-electron chi connectivity index (χ3n) is 1.98. The SMILES string of the molecule is C=C[Si](C=C)(OC(C)C)C(C)C. The largest absolute Gasteiger partial charge is 0.407 e. The molecule has 0 aromatic heterocycles. The first-order chi connectivity index (χ1) is 5.48. The highest BCUT2D eigenvalue weighted by molar-refractivity contribution is 6.84. The van der Waals surface area contributed by atoms with Gasteiger partial charge in [-0.3, -0.25) is 0 Å². The van der Waals surface area contributed by atoms with Gasteiger partial charge >= 0.3 is 0 Å². The minimum Gasteiger partial charge on any atom is -0.407 e. The lowest BCUT2D eigenvalue weighted by molar-refractivity contribution is 0.233. The van der Waals surface area contributed by atoms with Gasteiger partial charge < -0.3 is 4.43 Å². The molecule has 2 heteroatoms. The molecule has 0 atom stereocenters. The summed E-state index contributed by atoms with van der Waals surface area (Å²) in [6, 6.07) is 0. The normalized spacial score (nSPS) is 12.2. The van der Waals surface area contributed by atoms with Crippen LogP contribution in [-0.4, -0.2) is 14.4 Å². The Kier molecular flexibility index (Phi) is 4.49. The van der Waals surface area contributed by atoms with Gasteiger partial charge in [-0.1, -0.05) is 25.2 Å². The van der Waals surface area contributed by atoms with Gasteiger partial charge in [0.25, 0.3) is 0 Å². The highest BCUT2D eigenvalue weighted by Gasteiger charge is 2.32. The summed E-state index contributed by atoms with van der Waals surface area (Å²) < 4.78 is 5.90. The lowest BCUT2D eigenvalue weighted by Crippen LogP contribution is -2.40. The number of hydrogen-bond acceptors (Lipinski definition) is 1. The van der Waals surface area contributed by atoms with E-state index in [2.05, 4.69) is 40.9 Å². The second-order valence-electron chi connectivity index (χ2n) is 3.58. The molecule has 70 valence electrons. The Morgan fingerprint density at radius 1 is 1.08 bits per heavy atom. The van der Waals surface area contributed by atoms with Crippen LogP contribution in [0.4, 0.5) is 0 Å². The van der Waals surface area contributed by atoms with Gasteiger partial charge in [0.1, 0.15) is 0 Å². The molecule has 0 aliphatic heterocycles. The molecule has 0 radical (unpaired) electrons. The van der Waals surface area contributed by atoms with Crippen LogP contribution in [0.2, 0.25) is 5.54 Å². The molecule has 0 rings (SSSR count). The molecule has 12 heavy (non-hydrogen) atoms. The minimum absolute atomic E-state index is 0.259. The highest BCUT2D eigenvalue weighted by atomic mass is 28.4. The maximum absolute atomic E-state index is 5.90. The van der Waals surface area contributed by atoms with Crippen LogP contribution in [0, 0.1) is 0 Å². The van der Waals surface area contributed by atoms with Crippen molar-refractivity contribution in [2.75, 3.05) is 0 Å². The van der Waals surface area contributed by atoms with Gasteiger partial charge in [0.2, 0.25) is 8.32 Å². The molecule has 0 N–H and O–H groups in total. The Morgan fingerprint density at radius 3 is 1.58 bits per heavy atom. The standard InChI is InChI=1S/C10H20OSi/c1-7-12(8-2,10(5)6)11-9(3)4/h7-10H,1-2H2,3-6H3. The summed E-state index contributed by atoms with van der Waals surface area (Å²) in [5.41, 5.74) is 4.44. The molecule has 0 bridgehead atoms. The molecule has 0 spiro atoms. The highest BCUT2D eigenvalue weighted by Crippen LogP contribution is 2.25. The molecule has 0 heterocycles. The zero-order chi connectivity index (χ0) is 9.78. The molecule has 1 nitrogen and oxygen atoms in total. The Labute approximate surface area is 77.3 Å². The Morgan fingerprint density at radius 2 is 1.50 bits per heavy atom. The monoisotopic (exact) mass is 184 g/mol. The Balaban J connectivity index is 4.57. The second-order valence-corrected chi connectivity index (χ2v) is 7.50. The quantitative estimate of drug-likeness (QED) is 0.596. The van der Waals surface area contributed by atoms with Crippen LogP contribution >= 0.6 is 0 Å². The predicted molar refractivity (Wildman–Crippen MR) is 57.5 cm³/mol. The molecular weight excluding hydrogens is 164 g/mol. The number of hydrogen-bond donors (Lipinski definition) is 0. The summed E-state index contributed by atoms with van der Waals surface area (Å²) in [6.45, 7) is 16.1.